The first-order valence-corrected chi connectivity index (χ1v) is 9.48. The van der Waals surface area contributed by atoms with Gasteiger partial charge in [-0.2, -0.15) is 0 Å². The summed E-state index contributed by atoms with van der Waals surface area (Å²) < 4.78 is 25.9. The second-order valence-corrected chi connectivity index (χ2v) is 6.87. The summed E-state index contributed by atoms with van der Waals surface area (Å²) >= 11 is 0. The zero-order valence-electron chi connectivity index (χ0n) is 16.4. The van der Waals surface area contributed by atoms with Gasteiger partial charge in [0.05, 0.1) is 32.5 Å². The largest absolute Gasteiger partial charge is 0.497 e. The Morgan fingerprint density at radius 1 is 1.20 bits per heavy atom. The summed E-state index contributed by atoms with van der Waals surface area (Å²) in [6.07, 6.45) is 0. The Kier molecular flexibility index (Phi) is 5.73. The molecule has 1 aromatic heterocycles. The number of methoxy groups -OCH3 is 1. The normalized spacial score (nSPS) is 15.1. The molecule has 1 saturated heterocycles. The molecule has 8 nitrogen and oxygen atoms in total. The minimum Gasteiger partial charge on any atom is -0.497 e. The highest BCUT2D eigenvalue weighted by Gasteiger charge is 2.20. The van der Waals surface area contributed by atoms with Gasteiger partial charge in [0.25, 0.3) is 5.91 Å². The standard InChI is InChI=1S/C21H21FN4O4/c1-29-16-5-2-14(3-6-16)20(27)24-23-19-17-12-15(22)4-7-18(17)26(21(19)28)13-25-8-10-30-11-9-25/h2-7,12,28H,8-11,13H2,1H3. The monoisotopic (exact) mass is 412 g/mol. The van der Waals surface area contributed by atoms with Crippen molar-refractivity contribution in [3.05, 3.63) is 53.8 Å². The number of rotatable bonds is 5. The number of halogens is 1. The molecule has 4 rings (SSSR count). The van der Waals surface area contributed by atoms with Crippen molar-refractivity contribution in [2.24, 2.45) is 10.2 Å². The van der Waals surface area contributed by atoms with E-state index in [1.165, 1.54) is 19.2 Å². The highest BCUT2D eigenvalue weighted by molar-refractivity contribution is 5.97. The molecule has 1 fully saturated rings. The summed E-state index contributed by atoms with van der Waals surface area (Å²) in [6, 6.07) is 10.6. The van der Waals surface area contributed by atoms with E-state index in [0.717, 1.165) is 0 Å². The maximum atomic E-state index is 13.9. The third-order valence-electron chi connectivity index (χ3n) is 4.99. The van der Waals surface area contributed by atoms with Crippen molar-refractivity contribution in [1.82, 2.24) is 9.47 Å². The molecular formula is C21H21FN4O4. The number of aromatic nitrogens is 1. The maximum absolute atomic E-state index is 13.9. The summed E-state index contributed by atoms with van der Waals surface area (Å²) in [5.41, 5.74) is 0.980. The van der Waals surface area contributed by atoms with Gasteiger partial charge in [-0.1, -0.05) is 0 Å². The number of benzene rings is 2. The van der Waals surface area contributed by atoms with Crippen LogP contribution < -0.4 is 4.74 Å². The van der Waals surface area contributed by atoms with Crippen molar-refractivity contribution in [3.8, 4) is 11.6 Å². The summed E-state index contributed by atoms with van der Waals surface area (Å²) in [5.74, 6) is -0.609. The Bertz CT molecular complexity index is 1090. The van der Waals surface area contributed by atoms with Crippen molar-refractivity contribution in [2.75, 3.05) is 33.4 Å². The van der Waals surface area contributed by atoms with Crippen LogP contribution in [0.5, 0.6) is 11.6 Å². The molecule has 0 atom stereocenters. The number of carbonyl (C=O) groups is 1. The summed E-state index contributed by atoms with van der Waals surface area (Å²) in [4.78, 5) is 14.5. The Balaban J connectivity index is 1.66. The SMILES string of the molecule is COc1ccc(C(=O)N=Nc2c(O)n(CN3CCOCC3)c3ccc(F)cc23)cc1. The van der Waals surface area contributed by atoms with Gasteiger partial charge in [0.1, 0.15) is 11.6 Å². The van der Waals surface area contributed by atoms with Crippen LogP contribution in [0.3, 0.4) is 0 Å². The van der Waals surface area contributed by atoms with Crippen LogP contribution in [0.4, 0.5) is 10.1 Å². The van der Waals surface area contributed by atoms with Gasteiger partial charge in [-0.25, -0.2) is 4.39 Å². The fraction of sp³-hybridized carbons (Fsp3) is 0.286. The van der Waals surface area contributed by atoms with E-state index in [9.17, 15) is 14.3 Å². The average Bonchev–Trinajstić information content (AvgIpc) is 3.03. The lowest BCUT2D eigenvalue weighted by atomic mass is 10.2. The second kappa shape index (κ2) is 8.60. The number of carbonyl (C=O) groups excluding carboxylic acids is 1. The summed E-state index contributed by atoms with van der Waals surface area (Å²) in [6.45, 7) is 3.04. The van der Waals surface area contributed by atoms with Gasteiger partial charge in [-0.05, 0) is 42.5 Å². The van der Waals surface area contributed by atoms with E-state index in [1.54, 1.807) is 34.9 Å². The highest BCUT2D eigenvalue weighted by atomic mass is 19.1. The first kappa shape index (κ1) is 20.0. The smallest absolute Gasteiger partial charge is 0.295 e. The van der Waals surface area contributed by atoms with Gasteiger partial charge in [0.15, 0.2) is 5.69 Å². The highest BCUT2D eigenvalue weighted by Crippen LogP contribution is 2.39. The molecule has 0 unspecified atom stereocenters. The molecule has 9 heteroatoms. The van der Waals surface area contributed by atoms with E-state index in [0.29, 0.717) is 55.2 Å². The van der Waals surface area contributed by atoms with E-state index in [2.05, 4.69) is 15.1 Å². The van der Waals surface area contributed by atoms with Crippen molar-refractivity contribution in [1.29, 1.82) is 0 Å². The van der Waals surface area contributed by atoms with Crippen molar-refractivity contribution in [3.63, 3.8) is 0 Å². The zero-order chi connectivity index (χ0) is 21.1. The van der Waals surface area contributed by atoms with Gasteiger partial charge in [0.2, 0.25) is 5.88 Å². The van der Waals surface area contributed by atoms with Crippen LogP contribution >= 0.6 is 0 Å². The Labute approximate surface area is 172 Å². The van der Waals surface area contributed by atoms with Crippen LogP contribution in [-0.2, 0) is 11.4 Å². The molecule has 1 amide bonds. The zero-order valence-corrected chi connectivity index (χ0v) is 16.4. The molecular weight excluding hydrogens is 391 g/mol. The van der Waals surface area contributed by atoms with Crippen LogP contribution in [0.25, 0.3) is 10.9 Å². The number of morpholine rings is 1. The molecule has 156 valence electrons. The van der Waals surface area contributed by atoms with E-state index < -0.39 is 11.7 Å². The van der Waals surface area contributed by atoms with Gasteiger partial charge >= 0.3 is 0 Å². The van der Waals surface area contributed by atoms with Crippen molar-refractivity contribution in [2.45, 2.75) is 6.67 Å². The van der Waals surface area contributed by atoms with Crippen LogP contribution in [0.1, 0.15) is 10.4 Å². The second-order valence-electron chi connectivity index (χ2n) is 6.87. The molecule has 0 saturated carbocycles. The first-order valence-electron chi connectivity index (χ1n) is 9.48. The van der Waals surface area contributed by atoms with Crippen LogP contribution in [0, 0.1) is 5.82 Å². The van der Waals surface area contributed by atoms with Crippen molar-refractivity contribution >= 4 is 22.5 Å². The number of aromatic hydroxyl groups is 1. The fourth-order valence-corrected chi connectivity index (χ4v) is 3.37. The van der Waals surface area contributed by atoms with E-state index in [-0.39, 0.29) is 11.6 Å². The Hall–Kier alpha value is -3.30. The minimum absolute atomic E-state index is 0.0552. The number of hydrogen-bond donors (Lipinski definition) is 1. The minimum atomic E-state index is -0.581. The molecule has 2 heterocycles. The van der Waals surface area contributed by atoms with Gasteiger partial charge in [0, 0.05) is 24.0 Å². The molecule has 1 aliphatic heterocycles. The molecule has 0 spiro atoms. The van der Waals surface area contributed by atoms with E-state index >= 15 is 0 Å². The predicted octanol–water partition coefficient (Wildman–Crippen LogP) is 3.71. The molecule has 1 aliphatic rings. The maximum Gasteiger partial charge on any atom is 0.295 e. The fourth-order valence-electron chi connectivity index (χ4n) is 3.37. The lowest BCUT2D eigenvalue weighted by Crippen LogP contribution is -2.37. The quantitative estimate of drug-likeness (QED) is 0.646. The van der Waals surface area contributed by atoms with E-state index in [1.807, 2.05) is 0 Å². The number of amides is 1. The Morgan fingerprint density at radius 3 is 2.63 bits per heavy atom. The molecule has 0 radical (unpaired) electrons. The number of ether oxygens (including phenoxy) is 2. The van der Waals surface area contributed by atoms with Crippen molar-refractivity contribution < 1.29 is 23.8 Å². The molecule has 2 aromatic carbocycles. The third kappa shape index (κ3) is 4.03. The van der Waals surface area contributed by atoms with Crippen LogP contribution in [-0.4, -0.2) is 53.9 Å². The number of azo groups is 1. The van der Waals surface area contributed by atoms with Gasteiger partial charge in [-0.15, -0.1) is 10.2 Å². The topological polar surface area (TPSA) is 88.7 Å². The van der Waals surface area contributed by atoms with Crippen LogP contribution in [0.2, 0.25) is 0 Å². The third-order valence-corrected chi connectivity index (χ3v) is 4.99. The molecule has 30 heavy (non-hydrogen) atoms. The molecule has 3 aromatic rings. The lowest BCUT2D eigenvalue weighted by Gasteiger charge is -2.27. The first-order chi connectivity index (χ1) is 14.6. The number of nitrogens with zero attached hydrogens (tertiary/aromatic N) is 4. The van der Waals surface area contributed by atoms with Gasteiger partial charge < -0.3 is 14.6 Å². The summed E-state index contributed by atoms with van der Waals surface area (Å²) in [5, 5.41) is 18.9. The number of fused-ring (bicyclic) bond motifs is 1. The van der Waals surface area contributed by atoms with Crippen LogP contribution in [0.15, 0.2) is 52.7 Å². The van der Waals surface area contributed by atoms with Gasteiger partial charge in [-0.3, -0.25) is 14.3 Å². The number of hydrogen-bond acceptors (Lipinski definition) is 6. The summed E-state index contributed by atoms with van der Waals surface area (Å²) in [7, 11) is 1.53. The average molecular weight is 412 g/mol. The molecule has 1 N–H and O–H groups in total. The lowest BCUT2D eigenvalue weighted by molar-refractivity contribution is 0.0231. The predicted molar refractivity (Wildman–Crippen MR) is 108 cm³/mol. The molecule has 0 aliphatic carbocycles. The Morgan fingerprint density at radius 2 is 1.93 bits per heavy atom. The molecule has 0 bridgehead atoms. The van der Waals surface area contributed by atoms with E-state index in [4.69, 9.17) is 9.47 Å².